The van der Waals surface area contributed by atoms with Crippen molar-refractivity contribution in [3.05, 3.63) is 65.0 Å². The standard InChI is InChI=1S/C30H34N10O5/c1-6-40-21(11-16(2)37-40)28(43)36-30-35-20-13-18(27(32)42)15-23(45-5)25(20)39(30)10-8-7-9-38-24-19(34-29(38)33-3)12-17(26(31)41)14-22(24)44-4/h7-8,11-15H,6,9-10H2,1-5H3,(H2,31,41)(H2,32,42)(H,33,34)(H,35,36,43)/b8-7+. The van der Waals surface area contributed by atoms with Gasteiger partial charge in [-0.25, -0.2) is 9.97 Å². The first kappa shape index (κ1) is 30.6. The molecule has 0 saturated heterocycles. The number of nitrogens with one attached hydrogen (secondary N) is 2. The molecule has 15 nitrogen and oxygen atoms in total. The lowest BCUT2D eigenvalue weighted by Crippen LogP contribution is -2.20. The highest BCUT2D eigenvalue weighted by molar-refractivity contribution is 6.04. The van der Waals surface area contributed by atoms with E-state index in [1.54, 1.807) is 40.6 Å². The maximum atomic E-state index is 13.4. The zero-order valence-corrected chi connectivity index (χ0v) is 25.5. The van der Waals surface area contributed by atoms with Crippen molar-refractivity contribution in [2.75, 3.05) is 31.9 Å². The van der Waals surface area contributed by atoms with E-state index in [2.05, 4.69) is 25.7 Å². The maximum absolute atomic E-state index is 13.4. The van der Waals surface area contributed by atoms with Gasteiger partial charge in [0.15, 0.2) is 0 Å². The number of methoxy groups -OCH3 is 2. The van der Waals surface area contributed by atoms with Crippen molar-refractivity contribution in [2.24, 2.45) is 11.5 Å². The number of allylic oxidation sites excluding steroid dienone is 2. The van der Waals surface area contributed by atoms with E-state index < -0.39 is 17.7 Å². The largest absolute Gasteiger partial charge is 0.494 e. The van der Waals surface area contributed by atoms with Crippen molar-refractivity contribution in [1.82, 2.24) is 28.9 Å². The number of aryl methyl sites for hydroxylation is 2. The second kappa shape index (κ2) is 12.4. The lowest BCUT2D eigenvalue weighted by atomic mass is 10.1. The number of anilines is 2. The first-order chi connectivity index (χ1) is 21.6. The molecule has 2 aromatic carbocycles. The number of hydrogen-bond acceptors (Lipinski definition) is 9. The highest BCUT2D eigenvalue weighted by atomic mass is 16.5. The van der Waals surface area contributed by atoms with Crippen LogP contribution in [0.5, 0.6) is 11.5 Å². The Morgan fingerprint density at radius 1 is 0.844 bits per heavy atom. The van der Waals surface area contributed by atoms with Crippen molar-refractivity contribution in [1.29, 1.82) is 0 Å². The van der Waals surface area contributed by atoms with Crippen LogP contribution in [0.3, 0.4) is 0 Å². The number of ether oxygens (including phenoxy) is 2. The van der Waals surface area contributed by atoms with E-state index in [1.165, 1.54) is 20.3 Å². The zero-order valence-electron chi connectivity index (χ0n) is 25.5. The normalized spacial score (nSPS) is 11.4. The molecule has 0 radical (unpaired) electrons. The minimum Gasteiger partial charge on any atom is -0.494 e. The number of primary amides is 2. The molecule has 0 fully saturated rings. The highest BCUT2D eigenvalue weighted by Gasteiger charge is 2.21. The molecule has 45 heavy (non-hydrogen) atoms. The molecule has 3 aromatic heterocycles. The minimum atomic E-state index is -0.635. The van der Waals surface area contributed by atoms with Crippen molar-refractivity contribution in [3.63, 3.8) is 0 Å². The summed E-state index contributed by atoms with van der Waals surface area (Å²) in [5, 5.41) is 10.3. The molecule has 0 saturated carbocycles. The summed E-state index contributed by atoms with van der Waals surface area (Å²) >= 11 is 0. The monoisotopic (exact) mass is 614 g/mol. The van der Waals surface area contributed by atoms with Crippen LogP contribution < -0.4 is 31.6 Å². The Morgan fingerprint density at radius 3 is 1.82 bits per heavy atom. The summed E-state index contributed by atoms with van der Waals surface area (Å²) in [6.07, 6.45) is 3.81. The molecule has 0 aliphatic carbocycles. The number of nitrogens with two attached hydrogens (primary N) is 2. The number of rotatable bonds is 12. The molecule has 15 heteroatoms. The summed E-state index contributed by atoms with van der Waals surface area (Å²) in [5.74, 6) is 0.00140. The van der Waals surface area contributed by atoms with Gasteiger partial charge in [-0.1, -0.05) is 12.2 Å². The fourth-order valence-corrected chi connectivity index (χ4v) is 5.19. The lowest BCUT2D eigenvalue weighted by Gasteiger charge is -2.12. The Balaban J connectivity index is 1.53. The predicted molar refractivity (Wildman–Crippen MR) is 169 cm³/mol. The molecule has 0 spiro atoms. The maximum Gasteiger partial charge on any atom is 0.276 e. The third kappa shape index (κ3) is 5.74. The second-order valence-corrected chi connectivity index (χ2v) is 10.1. The van der Waals surface area contributed by atoms with E-state index in [1.807, 2.05) is 30.6 Å². The van der Waals surface area contributed by atoms with Crippen molar-refractivity contribution < 1.29 is 23.9 Å². The van der Waals surface area contributed by atoms with Gasteiger partial charge >= 0.3 is 0 Å². The molecule has 0 atom stereocenters. The summed E-state index contributed by atoms with van der Waals surface area (Å²) in [5.41, 5.74) is 14.9. The van der Waals surface area contributed by atoms with E-state index in [9.17, 15) is 14.4 Å². The number of carbonyl (C=O) groups is 3. The van der Waals surface area contributed by atoms with Crippen LogP contribution in [0.2, 0.25) is 0 Å². The zero-order chi connectivity index (χ0) is 32.4. The predicted octanol–water partition coefficient (Wildman–Crippen LogP) is 2.68. The number of carbonyl (C=O) groups excluding carboxylic acids is 3. The average molecular weight is 615 g/mol. The van der Waals surface area contributed by atoms with Gasteiger partial charge in [0.05, 0.1) is 30.9 Å². The SMILES string of the molecule is CCn1nc(C)cc1C(=O)Nc1nc2cc(C(N)=O)cc(OC)c2n1C/C=C/Cn1c(NC)nc2cc(C(N)=O)cc(OC)c21. The molecule has 0 aliphatic heterocycles. The van der Waals surface area contributed by atoms with Crippen LogP contribution in [0.25, 0.3) is 22.1 Å². The quantitative estimate of drug-likeness (QED) is 0.153. The van der Waals surface area contributed by atoms with E-state index in [-0.39, 0.29) is 23.6 Å². The van der Waals surface area contributed by atoms with Gasteiger partial charge in [-0.3, -0.25) is 24.4 Å². The summed E-state index contributed by atoms with van der Waals surface area (Å²) in [4.78, 5) is 46.4. The van der Waals surface area contributed by atoms with Crippen LogP contribution in [0, 0.1) is 6.92 Å². The number of hydrogen-bond donors (Lipinski definition) is 4. The van der Waals surface area contributed by atoms with Gasteiger partial charge < -0.3 is 35.4 Å². The first-order valence-electron chi connectivity index (χ1n) is 14.0. The molecule has 6 N–H and O–H groups in total. The third-order valence-corrected chi connectivity index (χ3v) is 7.25. The van der Waals surface area contributed by atoms with Crippen LogP contribution in [-0.2, 0) is 19.6 Å². The Kier molecular flexibility index (Phi) is 8.43. The molecule has 0 bridgehead atoms. The van der Waals surface area contributed by atoms with Gasteiger partial charge in [0.25, 0.3) is 5.91 Å². The summed E-state index contributed by atoms with van der Waals surface area (Å²) in [6.45, 7) is 4.88. The summed E-state index contributed by atoms with van der Waals surface area (Å²) < 4.78 is 16.5. The summed E-state index contributed by atoms with van der Waals surface area (Å²) in [6, 6.07) is 7.99. The number of nitrogens with zero attached hydrogens (tertiary/aromatic N) is 6. The number of benzene rings is 2. The molecule has 234 valence electrons. The van der Waals surface area contributed by atoms with Crippen LogP contribution >= 0.6 is 0 Å². The highest BCUT2D eigenvalue weighted by Crippen LogP contribution is 2.32. The third-order valence-electron chi connectivity index (χ3n) is 7.25. The second-order valence-electron chi connectivity index (χ2n) is 10.1. The van der Waals surface area contributed by atoms with Crippen LogP contribution in [0.15, 0.2) is 42.5 Å². The molecular weight excluding hydrogens is 580 g/mol. The topological polar surface area (TPSA) is 199 Å². The average Bonchev–Trinajstić information content (AvgIpc) is 3.70. The molecule has 0 aliphatic rings. The molecule has 0 unspecified atom stereocenters. The Hall–Kier alpha value is -5.86. The van der Waals surface area contributed by atoms with Crippen LogP contribution in [-0.4, -0.2) is 67.9 Å². The first-order valence-corrected chi connectivity index (χ1v) is 14.0. The Labute approximate surface area is 257 Å². The molecule has 5 aromatic rings. The van der Waals surface area contributed by atoms with E-state index in [0.29, 0.717) is 64.0 Å². The van der Waals surface area contributed by atoms with Crippen molar-refractivity contribution in [3.8, 4) is 11.5 Å². The fraction of sp³-hybridized carbons (Fsp3) is 0.267. The molecule has 3 amide bonds. The number of aromatic nitrogens is 6. The van der Waals surface area contributed by atoms with Gasteiger partial charge in [-0.15, -0.1) is 0 Å². The van der Waals surface area contributed by atoms with Crippen molar-refractivity contribution >= 4 is 51.7 Å². The molecule has 5 rings (SSSR count). The smallest absolute Gasteiger partial charge is 0.276 e. The van der Waals surface area contributed by atoms with Crippen molar-refractivity contribution in [2.45, 2.75) is 33.5 Å². The Bertz CT molecular complexity index is 1980. The number of fused-ring (bicyclic) bond motifs is 2. The van der Waals surface area contributed by atoms with Gasteiger partial charge in [0, 0.05) is 37.8 Å². The number of imidazole rings is 2. The van der Waals surface area contributed by atoms with Gasteiger partial charge in [-0.2, -0.15) is 5.10 Å². The van der Waals surface area contributed by atoms with E-state index in [4.69, 9.17) is 20.9 Å². The fourth-order valence-electron chi connectivity index (χ4n) is 5.19. The Morgan fingerprint density at radius 2 is 1.36 bits per heavy atom. The van der Waals surface area contributed by atoms with Crippen LogP contribution in [0.1, 0.15) is 43.8 Å². The van der Waals surface area contributed by atoms with Gasteiger partial charge in [-0.05, 0) is 44.2 Å². The van der Waals surface area contributed by atoms with E-state index in [0.717, 1.165) is 0 Å². The molecular formula is C30H34N10O5. The van der Waals surface area contributed by atoms with E-state index >= 15 is 0 Å². The number of amides is 3. The van der Waals surface area contributed by atoms with Crippen LogP contribution in [0.4, 0.5) is 11.9 Å². The van der Waals surface area contributed by atoms with Gasteiger partial charge in [0.2, 0.25) is 23.7 Å². The summed E-state index contributed by atoms with van der Waals surface area (Å²) in [7, 11) is 4.74. The van der Waals surface area contributed by atoms with Gasteiger partial charge in [0.1, 0.15) is 28.2 Å². The lowest BCUT2D eigenvalue weighted by molar-refractivity contribution is 0.0991. The minimum absolute atomic E-state index is 0.220. The molecule has 3 heterocycles.